The number of Topliss-reactive ketones (excluding diaryl/α,β-unsaturated/α-hetero) is 2. The van der Waals surface area contributed by atoms with Crippen LogP contribution in [-0.2, 0) is 23.9 Å². The summed E-state index contributed by atoms with van der Waals surface area (Å²) >= 11 is 0. The molecule has 0 bridgehead atoms. The molecule has 13 unspecified atom stereocenters. The zero-order valence-electron chi connectivity index (χ0n) is 35.4. The molecule has 2 saturated carbocycles. The minimum absolute atomic E-state index is 0.0115. The molecule has 3 aliphatic heterocycles. The highest BCUT2D eigenvalue weighted by molar-refractivity contribution is 6.23. The summed E-state index contributed by atoms with van der Waals surface area (Å²) in [4.78, 5) is 48.8. The van der Waals surface area contributed by atoms with E-state index in [1.807, 2.05) is 13.1 Å². The van der Waals surface area contributed by atoms with Crippen molar-refractivity contribution >= 4 is 23.5 Å². The number of hydrogen-bond acceptors (Lipinski definition) is 10. The van der Waals surface area contributed by atoms with Crippen molar-refractivity contribution < 1.29 is 23.9 Å². The van der Waals surface area contributed by atoms with Gasteiger partial charge in [0.25, 0.3) is 5.60 Å². The van der Waals surface area contributed by atoms with E-state index in [1.54, 1.807) is 7.05 Å². The van der Waals surface area contributed by atoms with Crippen molar-refractivity contribution in [2.75, 3.05) is 33.8 Å². The Morgan fingerprint density at radius 3 is 2.72 bits per heavy atom. The van der Waals surface area contributed by atoms with Crippen LogP contribution in [0, 0.1) is 47.3 Å². The number of ether oxygens (including phenoxy) is 2. The Balaban J connectivity index is 1.14. The van der Waals surface area contributed by atoms with E-state index in [4.69, 9.17) is 15.2 Å². The zero-order valence-corrected chi connectivity index (χ0v) is 35.4. The van der Waals surface area contributed by atoms with Gasteiger partial charge in [0.15, 0.2) is 23.1 Å². The van der Waals surface area contributed by atoms with Gasteiger partial charge in [0, 0.05) is 43.3 Å². The Hall–Kier alpha value is -2.90. The third-order valence-corrected chi connectivity index (χ3v) is 14.8. The van der Waals surface area contributed by atoms with E-state index in [9.17, 15) is 14.4 Å². The Bertz CT molecular complexity index is 1630. The van der Waals surface area contributed by atoms with E-state index in [1.165, 1.54) is 5.57 Å². The number of likely N-dealkylation sites (N-methyl/N-ethyl adjacent to an activating group) is 1. The SMILES string of the molecule is CCNC1C=C2C=CCCC2CC1COC(=O)C12OC1(CC=C(C)CC(NC(N)=NC)C1CCNC3NC(NC)CCC31)C(=O)C1CCCC(CC(C)C)C1C2=O. The van der Waals surface area contributed by atoms with Crippen LogP contribution in [0.2, 0.25) is 0 Å². The third-order valence-electron chi connectivity index (χ3n) is 14.8. The topological polar surface area (TPSA) is 171 Å². The lowest BCUT2D eigenvalue weighted by molar-refractivity contribution is -0.161. The maximum absolute atomic E-state index is 15.0. The number of ketones is 2. The molecule has 316 valence electrons. The van der Waals surface area contributed by atoms with Gasteiger partial charge < -0.3 is 36.5 Å². The lowest BCUT2D eigenvalue weighted by Crippen LogP contribution is -2.65. The molecule has 0 radical (unpaired) electrons. The molecule has 57 heavy (non-hydrogen) atoms. The summed E-state index contributed by atoms with van der Waals surface area (Å²) in [6, 6.07) is 0.0710. The average Bonchev–Trinajstić information content (AvgIpc) is 3.92. The molecule has 0 spiro atoms. The number of rotatable bonds is 14. The van der Waals surface area contributed by atoms with Crippen LogP contribution in [0.15, 0.2) is 40.4 Å². The van der Waals surface area contributed by atoms with Crippen molar-refractivity contribution in [1.82, 2.24) is 26.6 Å². The van der Waals surface area contributed by atoms with Gasteiger partial charge in [0.05, 0.1) is 18.9 Å². The second-order valence-electron chi connectivity index (χ2n) is 18.8. The minimum atomic E-state index is -1.90. The molecule has 12 heteroatoms. The summed E-state index contributed by atoms with van der Waals surface area (Å²) in [6.45, 7) is 10.4. The second-order valence-corrected chi connectivity index (χ2v) is 18.8. The maximum Gasteiger partial charge on any atom is 0.350 e. The van der Waals surface area contributed by atoms with Gasteiger partial charge >= 0.3 is 5.97 Å². The van der Waals surface area contributed by atoms with Crippen LogP contribution in [-0.4, -0.2) is 92.9 Å². The predicted molar refractivity (Wildman–Crippen MR) is 223 cm³/mol. The van der Waals surface area contributed by atoms with Gasteiger partial charge in [0.1, 0.15) is 0 Å². The summed E-state index contributed by atoms with van der Waals surface area (Å²) in [5, 5.41) is 17.9. The number of aliphatic imine (C=N–C) groups is 1. The molecule has 5 fully saturated rings. The molecule has 7 N–H and O–H groups in total. The molecule has 0 aromatic rings. The number of nitrogens with one attached hydrogen (secondary N) is 5. The fourth-order valence-corrected chi connectivity index (χ4v) is 12.0. The van der Waals surface area contributed by atoms with Gasteiger partial charge in [0.2, 0.25) is 0 Å². The highest BCUT2D eigenvalue weighted by Crippen LogP contribution is 2.62. The molecule has 7 aliphatic rings. The largest absolute Gasteiger partial charge is 0.463 e. The Morgan fingerprint density at radius 2 is 1.96 bits per heavy atom. The normalized spacial score (nSPS) is 39.7. The number of nitrogens with zero attached hydrogens (tertiary/aromatic N) is 1. The van der Waals surface area contributed by atoms with E-state index < -0.39 is 29.0 Å². The number of esters is 1. The lowest BCUT2D eigenvalue weighted by atomic mass is 9.57. The van der Waals surface area contributed by atoms with Gasteiger partial charge in [-0.15, -0.1) is 0 Å². The molecule has 0 aromatic carbocycles. The van der Waals surface area contributed by atoms with Crippen LogP contribution in [0.3, 0.4) is 0 Å². The smallest absolute Gasteiger partial charge is 0.350 e. The van der Waals surface area contributed by atoms with Crippen LogP contribution < -0.4 is 32.3 Å². The summed E-state index contributed by atoms with van der Waals surface area (Å²) in [7, 11) is 3.69. The Morgan fingerprint density at radius 1 is 1.14 bits per heavy atom. The van der Waals surface area contributed by atoms with Crippen molar-refractivity contribution in [1.29, 1.82) is 0 Å². The van der Waals surface area contributed by atoms with Gasteiger partial charge in [-0.25, -0.2) is 4.79 Å². The van der Waals surface area contributed by atoms with Crippen molar-refractivity contribution in [3.8, 4) is 0 Å². The summed E-state index contributed by atoms with van der Waals surface area (Å²) in [5.74, 6) is 0.105. The molecule has 3 heterocycles. The quantitative estimate of drug-likeness (QED) is 0.0371. The first-order valence-corrected chi connectivity index (χ1v) is 22.3. The minimum Gasteiger partial charge on any atom is -0.463 e. The fraction of sp³-hybridized carbons (Fsp3) is 0.778. The van der Waals surface area contributed by atoms with Gasteiger partial charge in [-0.3, -0.25) is 19.9 Å². The third kappa shape index (κ3) is 8.19. The van der Waals surface area contributed by atoms with Crippen molar-refractivity contribution in [3.63, 3.8) is 0 Å². The number of carbonyl (C=O) groups excluding carboxylic acids is 3. The first-order valence-electron chi connectivity index (χ1n) is 22.3. The summed E-state index contributed by atoms with van der Waals surface area (Å²) in [6.07, 6.45) is 19.6. The highest BCUT2D eigenvalue weighted by atomic mass is 16.7. The molecule has 12 nitrogen and oxygen atoms in total. The van der Waals surface area contributed by atoms with Gasteiger partial charge in [-0.1, -0.05) is 57.1 Å². The van der Waals surface area contributed by atoms with E-state index in [2.05, 4.69) is 77.5 Å². The summed E-state index contributed by atoms with van der Waals surface area (Å²) in [5.41, 5.74) is 5.30. The second kappa shape index (κ2) is 17.8. The molecule has 0 aromatic heterocycles. The van der Waals surface area contributed by atoms with Crippen LogP contribution in [0.25, 0.3) is 0 Å². The predicted octanol–water partition coefficient (Wildman–Crippen LogP) is 4.27. The number of allylic oxidation sites excluding steroid dienone is 3. The van der Waals surface area contributed by atoms with Crippen molar-refractivity contribution in [2.24, 2.45) is 58.1 Å². The molecule has 4 aliphatic carbocycles. The van der Waals surface area contributed by atoms with Crippen molar-refractivity contribution in [2.45, 2.75) is 140 Å². The standard InChI is InChI=1S/C45H71N7O5/c1-7-49-35-24-29-12-9-8-11-28(29)23-31(35)25-56-42(55)45-40(54)38-30(21-26(2)3)13-10-14-34(38)39(53)44(45,57-45)19-17-27(4)22-36(51-43(46)48-6)32-18-20-50-41-33(32)15-16-37(47-5)52-41/h9,12,17,24,26,28,30-38,41,47,49-50,52H,7-8,10-11,13-16,18-23,25H2,1-6H3,(H3,46,48,51). The molecular weight excluding hydrogens is 719 g/mol. The molecule has 3 saturated heterocycles. The molecule has 7 rings (SSSR count). The number of epoxide rings is 1. The highest BCUT2D eigenvalue weighted by Gasteiger charge is 2.87. The van der Waals surface area contributed by atoms with Crippen LogP contribution >= 0.6 is 0 Å². The van der Waals surface area contributed by atoms with Gasteiger partial charge in [-0.05, 0) is 126 Å². The number of carbonyl (C=O) groups is 3. The van der Waals surface area contributed by atoms with Crippen LogP contribution in [0.5, 0.6) is 0 Å². The first kappa shape index (κ1) is 42.2. The maximum atomic E-state index is 15.0. The number of piperidine rings is 2. The first-order chi connectivity index (χ1) is 27.5. The van der Waals surface area contributed by atoms with Crippen LogP contribution in [0.4, 0.5) is 0 Å². The summed E-state index contributed by atoms with van der Waals surface area (Å²) < 4.78 is 12.7. The Kier molecular flexibility index (Phi) is 13.2. The lowest BCUT2D eigenvalue weighted by Gasteiger charge is -2.47. The van der Waals surface area contributed by atoms with E-state index in [0.717, 1.165) is 76.5 Å². The van der Waals surface area contributed by atoms with E-state index in [0.29, 0.717) is 42.5 Å². The van der Waals surface area contributed by atoms with Gasteiger partial charge in [-0.2, -0.15) is 0 Å². The number of hydrogen-bond donors (Lipinski definition) is 6. The van der Waals surface area contributed by atoms with E-state index in [-0.39, 0.29) is 60.8 Å². The molecular formula is C45H71N7O5. The molecule has 13 atom stereocenters. The number of fused-ring (bicyclic) bond motifs is 4. The average molecular weight is 790 g/mol. The zero-order chi connectivity index (χ0) is 40.5. The monoisotopic (exact) mass is 790 g/mol. The van der Waals surface area contributed by atoms with E-state index >= 15 is 0 Å². The Labute approximate surface area is 340 Å². The van der Waals surface area contributed by atoms with Crippen molar-refractivity contribution in [3.05, 3.63) is 35.5 Å². The fourth-order valence-electron chi connectivity index (χ4n) is 12.0. The molecule has 0 amide bonds. The number of guanidine groups is 1. The van der Waals surface area contributed by atoms with Crippen LogP contribution in [0.1, 0.15) is 105 Å². The number of nitrogens with two attached hydrogens (primary N) is 1.